The van der Waals surface area contributed by atoms with Gasteiger partial charge in [-0.2, -0.15) is 0 Å². The van der Waals surface area contributed by atoms with Crippen LogP contribution in [0.1, 0.15) is 31.9 Å². The van der Waals surface area contributed by atoms with Crippen LogP contribution < -0.4 is 14.8 Å². The maximum absolute atomic E-state index is 13.0. The Kier molecular flexibility index (Phi) is 6.18. The fourth-order valence-corrected chi connectivity index (χ4v) is 2.28. The van der Waals surface area contributed by atoms with Crippen molar-refractivity contribution in [2.45, 2.75) is 32.4 Å². The van der Waals surface area contributed by atoms with Crippen molar-refractivity contribution in [2.75, 3.05) is 7.11 Å². The minimum atomic E-state index is -0.596. The molecule has 0 aliphatic carbocycles. The number of amides is 1. The molecule has 5 heteroatoms. The van der Waals surface area contributed by atoms with Gasteiger partial charge in [0, 0.05) is 0 Å². The number of carbonyl (C=O) groups is 1. The average molecular weight is 331 g/mol. The highest BCUT2D eigenvalue weighted by atomic mass is 19.1. The van der Waals surface area contributed by atoms with Crippen molar-refractivity contribution in [1.82, 2.24) is 5.32 Å². The maximum atomic E-state index is 13.0. The molecule has 1 N–H and O–H groups in total. The second-order valence-electron chi connectivity index (χ2n) is 5.47. The summed E-state index contributed by atoms with van der Waals surface area (Å²) in [5.74, 6) is 0.828. The van der Waals surface area contributed by atoms with Gasteiger partial charge in [-0.1, -0.05) is 19.1 Å². The largest absolute Gasteiger partial charge is 0.497 e. The molecule has 0 saturated heterocycles. The molecule has 4 nitrogen and oxygen atoms in total. The smallest absolute Gasteiger partial charge is 0.261 e. The zero-order chi connectivity index (χ0) is 17.5. The quantitative estimate of drug-likeness (QED) is 0.838. The van der Waals surface area contributed by atoms with E-state index in [1.807, 2.05) is 13.8 Å². The van der Waals surface area contributed by atoms with Crippen LogP contribution >= 0.6 is 0 Å². The molecule has 0 fully saturated rings. The molecule has 0 saturated carbocycles. The summed E-state index contributed by atoms with van der Waals surface area (Å²) >= 11 is 0. The summed E-state index contributed by atoms with van der Waals surface area (Å²) in [6.07, 6.45) is -0.0603. The van der Waals surface area contributed by atoms with E-state index in [0.29, 0.717) is 12.2 Å². The number of carbonyl (C=O) groups excluding carboxylic acids is 1. The van der Waals surface area contributed by atoms with Crippen molar-refractivity contribution in [3.63, 3.8) is 0 Å². The molecule has 0 aromatic heterocycles. The van der Waals surface area contributed by atoms with Crippen molar-refractivity contribution in [3.05, 3.63) is 59.9 Å². The van der Waals surface area contributed by atoms with Gasteiger partial charge in [0.15, 0.2) is 6.10 Å². The number of nitrogens with one attached hydrogen (secondary N) is 1. The Morgan fingerprint density at radius 1 is 1.08 bits per heavy atom. The van der Waals surface area contributed by atoms with Crippen molar-refractivity contribution in [1.29, 1.82) is 0 Å². The highest BCUT2D eigenvalue weighted by Crippen LogP contribution is 2.20. The van der Waals surface area contributed by atoms with Crippen molar-refractivity contribution in [2.24, 2.45) is 0 Å². The first kappa shape index (κ1) is 17.8. The molecule has 2 atom stereocenters. The second-order valence-corrected chi connectivity index (χ2v) is 5.47. The van der Waals surface area contributed by atoms with E-state index in [2.05, 4.69) is 5.32 Å². The third kappa shape index (κ3) is 4.72. The number of rotatable bonds is 7. The Balaban J connectivity index is 1.98. The van der Waals surface area contributed by atoms with E-state index in [-0.39, 0.29) is 17.8 Å². The lowest BCUT2D eigenvalue weighted by atomic mass is 10.1. The number of halogens is 1. The molecule has 0 bridgehead atoms. The lowest BCUT2D eigenvalue weighted by molar-refractivity contribution is -0.128. The van der Waals surface area contributed by atoms with E-state index >= 15 is 0 Å². The van der Waals surface area contributed by atoms with Gasteiger partial charge in [-0.15, -0.1) is 0 Å². The molecule has 0 aliphatic heterocycles. The van der Waals surface area contributed by atoms with E-state index in [1.54, 1.807) is 43.5 Å². The molecule has 2 unspecified atom stereocenters. The van der Waals surface area contributed by atoms with Crippen molar-refractivity contribution >= 4 is 5.91 Å². The minimum absolute atomic E-state index is 0.204. The third-order valence-corrected chi connectivity index (χ3v) is 3.73. The van der Waals surface area contributed by atoms with Gasteiger partial charge in [-0.05, 0) is 55.3 Å². The summed E-state index contributed by atoms with van der Waals surface area (Å²) in [6, 6.07) is 12.9. The number of hydrogen-bond donors (Lipinski definition) is 1. The lowest BCUT2D eigenvalue weighted by Gasteiger charge is -2.21. The number of ether oxygens (including phenoxy) is 2. The fourth-order valence-electron chi connectivity index (χ4n) is 2.28. The van der Waals surface area contributed by atoms with Crippen LogP contribution in [-0.4, -0.2) is 19.1 Å². The van der Waals surface area contributed by atoms with Gasteiger partial charge in [-0.3, -0.25) is 4.79 Å². The van der Waals surface area contributed by atoms with E-state index in [4.69, 9.17) is 9.47 Å². The first-order chi connectivity index (χ1) is 11.5. The van der Waals surface area contributed by atoms with Gasteiger partial charge in [-0.25, -0.2) is 4.39 Å². The molecule has 0 radical (unpaired) electrons. The summed E-state index contributed by atoms with van der Waals surface area (Å²) in [4.78, 5) is 12.4. The van der Waals surface area contributed by atoms with Crippen LogP contribution in [0, 0.1) is 5.82 Å². The molecular formula is C19H22FNO3. The van der Waals surface area contributed by atoms with Crippen LogP contribution in [0.15, 0.2) is 48.5 Å². The Morgan fingerprint density at radius 3 is 2.21 bits per heavy atom. The summed E-state index contributed by atoms with van der Waals surface area (Å²) in [5.41, 5.74) is 0.837. The number of hydrogen-bond acceptors (Lipinski definition) is 3. The Hall–Kier alpha value is -2.56. The molecule has 2 rings (SSSR count). The molecule has 2 aromatic carbocycles. The summed E-state index contributed by atoms with van der Waals surface area (Å²) in [7, 11) is 1.59. The van der Waals surface area contributed by atoms with Crippen LogP contribution in [0.2, 0.25) is 0 Å². The Labute approximate surface area is 141 Å². The maximum Gasteiger partial charge on any atom is 0.261 e. The number of benzene rings is 2. The van der Waals surface area contributed by atoms with E-state index in [9.17, 15) is 9.18 Å². The average Bonchev–Trinajstić information content (AvgIpc) is 2.60. The van der Waals surface area contributed by atoms with Gasteiger partial charge in [0.1, 0.15) is 17.3 Å². The lowest BCUT2D eigenvalue weighted by Crippen LogP contribution is -2.39. The number of methoxy groups -OCH3 is 1. The van der Waals surface area contributed by atoms with Crippen LogP contribution in [-0.2, 0) is 4.79 Å². The molecule has 0 aliphatic rings. The Morgan fingerprint density at radius 2 is 1.67 bits per heavy atom. The SMILES string of the molecule is CCC(Oc1ccc(OC)cc1)C(=O)NC(C)c1ccc(F)cc1. The van der Waals surface area contributed by atoms with E-state index < -0.39 is 6.10 Å². The first-order valence-electron chi connectivity index (χ1n) is 7.90. The van der Waals surface area contributed by atoms with Gasteiger partial charge in [0.2, 0.25) is 0 Å². The summed E-state index contributed by atoms with van der Waals surface area (Å²) in [5, 5.41) is 2.90. The summed E-state index contributed by atoms with van der Waals surface area (Å²) in [6.45, 7) is 3.74. The molecule has 128 valence electrons. The molecule has 24 heavy (non-hydrogen) atoms. The van der Waals surface area contributed by atoms with Gasteiger partial charge in [0.25, 0.3) is 5.91 Å². The summed E-state index contributed by atoms with van der Waals surface area (Å²) < 4.78 is 23.8. The predicted molar refractivity (Wildman–Crippen MR) is 90.7 cm³/mol. The molecule has 2 aromatic rings. The normalized spacial score (nSPS) is 13.0. The highest BCUT2D eigenvalue weighted by Gasteiger charge is 2.20. The molecule has 0 spiro atoms. The van der Waals surface area contributed by atoms with E-state index in [1.165, 1.54) is 12.1 Å². The predicted octanol–water partition coefficient (Wildman–Crippen LogP) is 3.87. The van der Waals surface area contributed by atoms with Gasteiger partial charge in [0.05, 0.1) is 13.2 Å². The molecule has 1 amide bonds. The van der Waals surface area contributed by atoms with Gasteiger partial charge >= 0.3 is 0 Å². The zero-order valence-electron chi connectivity index (χ0n) is 14.1. The van der Waals surface area contributed by atoms with Crippen LogP contribution in [0.4, 0.5) is 4.39 Å². The topological polar surface area (TPSA) is 47.6 Å². The van der Waals surface area contributed by atoms with Crippen LogP contribution in [0.5, 0.6) is 11.5 Å². The fraction of sp³-hybridized carbons (Fsp3) is 0.316. The highest BCUT2D eigenvalue weighted by molar-refractivity contribution is 5.81. The molecule has 0 heterocycles. The van der Waals surface area contributed by atoms with Gasteiger partial charge < -0.3 is 14.8 Å². The van der Waals surface area contributed by atoms with Crippen LogP contribution in [0.3, 0.4) is 0 Å². The van der Waals surface area contributed by atoms with Crippen molar-refractivity contribution < 1.29 is 18.7 Å². The Bertz CT molecular complexity index is 655. The standard InChI is InChI=1S/C19H22FNO3/c1-4-18(24-17-11-9-16(23-3)10-12-17)19(22)21-13(2)14-5-7-15(20)8-6-14/h5-13,18H,4H2,1-3H3,(H,21,22). The zero-order valence-corrected chi connectivity index (χ0v) is 14.1. The van der Waals surface area contributed by atoms with E-state index in [0.717, 1.165) is 11.3 Å². The second kappa shape index (κ2) is 8.34. The third-order valence-electron chi connectivity index (χ3n) is 3.73. The van der Waals surface area contributed by atoms with Crippen molar-refractivity contribution in [3.8, 4) is 11.5 Å². The minimum Gasteiger partial charge on any atom is -0.497 e. The van der Waals surface area contributed by atoms with Crippen LogP contribution in [0.25, 0.3) is 0 Å². The monoisotopic (exact) mass is 331 g/mol. The first-order valence-corrected chi connectivity index (χ1v) is 7.90. The molecular weight excluding hydrogens is 309 g/mol.